The van der Waals surface area contributed by atoms with Crippen molar-refractivity contribution in [2.45, 2.75) is 19.8 Å². The molecule has 2 fully saturated rings. The van der Waals surface area contributed by atoms with Gasteiger partial charge in [-0.3, -0.25) is 9.69 Å². The topological polar surface area (TPSA) is 47.0 Å². The highest BCUT2D eigenvalue weighted by atomic mass is 16.4. The standard InChI is InChI=1S/C14H27N3O2/c1-3-14(13(18)19)4-5-17(12-14)11-10-16-8-6-15(2)7-9-16/h3-12H2,1-2H3,(H,18,19). The van der Waals surface area contributed by atoms with Gasteiger partial charge in [0.05, 0.1) is 5.41 Å². The predicted octanol–water partition coefficient (Wildman–Crippen LogP) is 0.421. The number of nitrogens with zero attached hydrogens (tertiary/aromatic N) is 3. The van der Waals surface area contributed by atoms with Crippen LogP contribution in [-0.4, -0.2) is 85.2 Å². The lowest BCUT2D eigenvalue weighted by Gasteiger charge is -2.33. The van der Waals surface area contributed by atoms with Crippen LogP contribution in [0.4, 0.5) is 0 Å². The Labute approximate surface area is 116 Å². The van der Waals surface area contributed by atoms with Crippen molar-refractivity contribution in [3.05, 3.63) is 0 Å². The minimum atomic E-state index is -0.614. The van der Waals surface area contributed by atoms with Crippen LogP contribution in [0.5, 0.6) is 0 Å². The first-order chi connectivity index (χ1) is 9.05. The number of hydrogen-bond donors (Lipinski definition) is 1. The summed E-state index contributed by atoms with van der Waals surface area (Å²) in [5.74, 6) is -0.614. The Bertz CT molecular complexity index is 316. The fourth-order valence-corrected chi connectivity index (χ4v) is 3.12. The zero-order valence-corrected chi connectivity index (χ0v) is 12.3. The monoisotopic (exact) mass is 269 g/mol. The molecule has 5 heteroatoms. The second-order valence-corrected chi connectivity index (χ2v) is 6.11. The first-order valence-corrected chi connectivity index (χ1v) is 7.42. The summed E-state index contributed by atoms with van der Waals surface area (Å²) < 4.78 is 0. The van der Waals surface area contributed by atoms with Crippen molar-refractivity contribution < 1.29 is 9.90 Å². The second kappa shape index (κ2) is 6.20. The third-order valence-corrected chi connectivity index (χ3v) is 4.89. The molecule has 1 atom stereocenters. The molecule has 1 N–H and O–H groups in total. The Morgan fingerprint density at radius 2 is 1.74 bits per heavy atom. The number of likely N-dealkylation sites (tertiary alicyclic amines) is 1. The number of carboxylic acid groups (broad SMARTS) is 1. The molecule has 0 radical (unpaired) electrons. The number of carboxylic acids is 1. The average Bonchev–Trinajstić information content (AvgIpc) is 2.83. The highest BCUT2D eigenvalue weighted by Crippen LogP contribution is 2.33. The zero-order valence-electron chi connectivity index (χ0n) is 12.3. The number of rotatable bonds is 5. The van der Waals surface area contributed by atoms with Crippen molar-refractivity contribution in [3.8, 4) is 0 Å². The van der Waals surface area contributed by atoms with E-state index in [0.29, 0.717) is 0 Å². The quantitative estimate of drug-likeness (QED) is 0.784. The van der Waals surface area contributed by atoms with E-state index in [1.165, 1.54) is 0 Å². The van der Waals surface area contributed by atoms with Gasteiger partial charge in [0.25, 0.3) is 0 Å². The van der Waals surface area contributed by atoms with Gasteiger partial charge in [-0.25, -0.2) is 0 Å². The van der Waals surface area contributed by atoms with E-state index in [4.69, 9.17) is 0 Å². The fraction of sp³-hybridized carbons (Fsp3) is 0.929. The molecule has 0 amide bonds. The smallest absolute Gasteiger partial charge is 0.310 e. The summed E-state index contributed by atoms with van der Waals surface area (Å²) >= 11 is 0. The van der Waals surface area contributed by atoms with Crippen LogP contribution in [0.15, 0.2) is 0 Å². The summed E-state index contributed by atoms with van der Waals surface area (Å²) in [6.07, 6.45) is 1.55. The van der Waals surface area contributed by atoms with Crippen LogP contribution in [-0.2, 0) is 4.79 Å². The Balaban J connectivity index is 1.75. The minimum Gasteiger partial charge on any atom is -0.481 e. The molecule has 0 aromatic rings. The van der Waals surface area contributed by atoms with Gasteiger partial charge in [0.15, 0.2) is 0 Å². The SMILES string of the molecule is CCC1(C(=O)O)CCN(CCN2CCN(C)CC2)C1. The fourth-order valence-electron chi connectivity index (χ4n) is 3.12. The van der Waals surface area contributed by atoms with E-state index < -0.39 is 11.4 Å². The maximum absolute atomic E-state index is 11.4. The van der Waals surface area contributed by atoms with Gasteiger partial charge in [0.1, 0.15) is 0 Å². The van der Waals surface area contributed by atoms with E-state index in [2.05, 4.69) is 21.7 Å². The molecule has 110 valence electrons. The maximum Gasteiger partial charge on any atom is 0.310 e. The molecule has 2 heterocycles. The molecule has 2 rings (SSSR count). The predicted molar refractivity (Wildman–Crippen MR) is 75.4 cm³/mol. The Morgan fingerprint density at radius 1 is 1.11 bits per heavy atom. The summed E-state index contributed by atoms with van der Waals surface area (Å²) in [7, 11) is 2.17. The van der Waals surface area contributed by atoms with Crippen molar-refractivity contribution in [3.63, 3.8) is 0 Å². The highest BCUT2D eigenvalue weighted by molar-refractivity contribution is 5.75. The van der Waals surface area contributed by atoms with E-state index in [1.54, 1.807) is 0 Å². The van der Waals surface area contributed by atoms with Gasteiger partial charge in [0.2, 0.25) is 0 Å². The lowest BCUT2D eigenvalue weighted by molar-refractivity contribution is -0.148. The van der Waals surface area contributed by atoms with Gasteiger partial charge in [-0.05, 0) is 26.4 Å². The molecule has 5 nitrogen and oxygen atoms in total. The lowest BCUT2D eigenvalue weighted by atomic mass is 9.84. The van der Waals surface area contributed by atoms with Gasteiger partial charge >= 0.3 is 5.97 Å². The van der Waals surface area contributed by atoms with Crippen LogP contribution >= 0.6 is 0 Å². The van der Waals surface area contributed by atoms with Crippen molar-refractivity contribution in [1.82, 2.24) is 14.7 Å². The molecule has 0 aliphatic carbocycles. The van der Waals surface area contributed by atoms with E-state index in [0.717, 1.165) is 65.2 Å². The van der Waals surface area contributed by atoms with Crippen LogP contribution in [0.2, 0.25) is 0 Å². The molecule has 0 saturated carbocycles. The van der Waals surface area contributed by atoms with Crippen LogP contribution in [0, 0.1) is 5.41 Å². The molecular weight excluding hydrogens is 242 g/mol. The number of piperazine rings is 1. The van der Waals surface area contributed by atoms with Crippen molar-refractivity contribution >= 4 is 5.97 Å². The number of hydrogen-bond acceptors (Lipinski definition) is 4. The molecular formula is C14H27N3O2. The summed E-state index contributed by atoms with van der Waals surface area (Å²) in [5.41, 5.74) is -0.484. The van der Waals surface area contributed by atoms with Gasteiger partial charge in [-0.1, -0.05) is 6.92 Å². The van der Waals surface area contributed by atoms with Crippen molar-refractivity contribution in [2.75, 3.05) is 59.4 Å². The van der Waals surface area contributed by atoms with Crippen LogP contribution < -0.4 is 0 Å². The Kier molecular flexibility index (Phi) is 4.81. The molecule has 2 saturated heterocycles. The van der Waals surface area contributed by atoms with Crippen LogP contribution in [0.3, 0.4) is 0 Å². The number of carbonyl (C=O) groups is 1. The first kappa shape index (κ1) is 14.8. The summed E-state index contributed by atoms with van der Waals surface area (Å²) in [6, 6.07) is 0. The molecule has 2 aliphatic rings. The molecule has 0 spiro atoms. The summed E-state index contributed by atoms with van der Waals surface area (Å²) in [6.45, 7) is 10.3. The van der Waals surface area contributed by atoms with Crippen molar-refractivity contribution in [2.24, 2.45) is 5.41 Å². The normalized spacial score (nSPS) is 30.8. The molecule has 0 aromatic heterocycles. The van der Waals surface area contributed by atoms with Gasteiger partial charge in [-0.2, -0.15) is 0 Å². The van der Waals surface area contributed by atoms with E-state index in [1.807, 2.05) is 6.92 Å². The van der Waals surface area contributed by atoms with Crippen LogP contribution in [0.1, 0.15) is 19.8 Å². The highest BCUT2D eigenvalue weighted by Gasteiger charge is 2.42. The lowest BCUT2D eigenvalue weighted by Crippen LogP contribution is -2.47. The number of likely N-dealkylation sites (N-methyl/N-ethyl adjacent to an activating group) is 1. The summed E-state index contributed by atoms with van der Waals surface area (Å²) in [5, 5.41) is 9.39. The molecule has 2 aliphatic heterocycles. The third kappa shape index (κ3) is 3.46. The van der Waals surface area contributed by atoms with E-state index in [-0.39, 0.29) is 0 Å². The Hall–Kier alpha value is -0.650. The molecule has 1 unspecified atom stereocenters. The largest absolute Gasteiger partial charge is 0.481 e. The van der Waals surface area contributed by atoms with Crippen LogP contribution in [0.25, 0.3) is 0 Å². The van der Waals surface area contributed by atoms with E-state index >= 15 is 0 Å². The summed E-state index contributed by atoms with van der Waals surface area (Å²) in [4.78, 5) is 18.6. The Morgan fingerprint density at radius 3 is 2.26 bits per heavy atom. The average molecular weight is 269 g/mol. The first-order valence-electron chi connectivity index (χ1n) is 7.42. The molecule has 19 heavy (non-hydrogen) atoms. The third-order valence-electron chi connectivity index (χ3n) is 4.89. The van der Waals surface area contributed by atoms with Gasteiger partial charge < -0.3 is 14.9 Å². The molecule has 0 aromatic carbocycles. The van der Waals surface area contributed by atoms with Gasteiger partial charge in [-0.15, -0.1) is 0 Å². The maximum atomic E-state index is 11.4. The molecule has 0 bridgehead atoms. The van der Waals surface area contributed by atoms with Crippen molar-refractivity contribution in [1.29, 1.82) is 0 Å². The second-order valence-electron chi connectivity index (χ2n) is 6.11. The van der Waals surface area contributed by atoms with E-state index in [9.17, 15) is 9.90 Å². The van der Waals surface area contributed by atoms with Gasteiger partial charge in [0, 0.05) is 45.8 Å². The number of aliphatic carboxylic acids is 1. The zero-order chi connectivity index (χ0) is 13.9. The minimum absolute atomic E-state index is 0.484.